The van der Waals surface area contributed by atoms with Crippen molar-refractivity contribution in [2.75, 3.05) is 0 Å². The van der Waals surface area contributed by atoms with Gasteiger partial charge in [-0.2, -0.15) is 0 Å². The van der Waals surface area contributed by atoms with E-state index in [9.17, 15) is 5.11 Å². The Morgan fingerprint density at radius 2 is 1.77 bits per heavy atom. The molecule has 2 N–H and O–H groups in total. The Balaban J connectivity index is 0.000000858. The van der Waals surface area contributed by atoms with E-state index >= 15 is 0 Å². The summed E-state index contributed by atoms with van der Waals surface area (Å²) in [7, 11) is 0. The Bertz CT molecular complexity index is 640. The van der Waals surface area contributed by atoms with Crippen molar-refractivity contribution in [1.29, 1.82) is 0 Å². The molecule has 4 aliphatic carbocycles. The van der Waals surface area contributed by atoms with E-state index in [4.69, 9.17) is 9.90 Å². The minimum atomic E-state index is -0.250. The average molecular weight is 433 g/mol. The summed E-state index contributed by atoms with van der Waals surface area (Å²) < 4.78 is 0. The maximum atomic E-state index is 10.2. The standard InChI is InChI=1S/C27H46O.CH2O2/c1-18(2)7-6-8-19(3)23-11-12-24-22-10-9-20-17-21(28)13-15-26(20,4)25(22)14-16-27(23,24)5;2-1-3/h9,18-19,21-25,28H,6-8,10-17H2,1-5H3;1H,(H,2,3)/t19?,21-,22-,23+,24-,25-,26-,27+;/m0./s1. The summed E-state index contributed by atoms with van der Waals surface area (Å²) in [4.78, 5) is 8.36. The largest absolute Gasteiger partial charge is 0.483 e. The van der Waals surface area contributed by atoms with Crippen molar-refractivity contribution in [2.45, 2.75) is 111 Å². The molecule has 0 aliphatic heterocycles. The van der Waals surface area contributed by atoms with E-state index in [2.05, 4.69) is 40.7 Å². The molecular formula is C28H48O3. The molecule has 0 spiro atoms. The van der Waals surface area contributed by atoms with Gasteiger partial charge in [-0.3, -0.25) is 4.79 Å². The molecule has 3 fully saturated rings. The Kier molecular flexibility index (Phi) is 7.98. The van der Waals surface area contributed by atoms with Gasteiger partial charge >= 0.3 is 0 Å². The van der Waals surface area contributed by atoms with E-state index in [0.29, 0.717) is 10.8 Å². The molecule has 0 radical (unpaired) electrons. The predicted octanol–water partition coefficient (Wildman–Crippen LogP) is 7.09. The van der Waals surface area contributed by atoms with Gasteiger partial charge in [0.2, 0.25) is 0 Å². The maximum absolute atomic E-state index is 10.2. The van der Waals surface area contributed by atoms with Gasteiger partial charge < -0.3 is 10.2 Å². The zero-order valence-electron chi connectivity index (χ0n) is 20.8. The first kappa shape index (κ1) is 24.8. The second kappa shape index (κ2) is 9.98. The summed E-state index contributed by atoms with van der Waals surface area (Å²) in [5.41, 5.74) is 2.60. The molecular weight excluding hydrogens is 384 g/mol. The van der Waals surface area contributed by atoms with Crippen molar-refractivity contribution in [1.82, 2.24) is 0 Å². The lowest BCUT2D eigenvalue weighted by Gasteiger charge is -2.58. The van der Waals surface area contributed by atoms with Crippen LogP contribution in [0.25, 0.3) is 0 Å². The quantitative estimate of drug-likeness (QED) is 0.360. The molecule has 4 rings (SSSR count). The van der Waals surface area contributed by atoms with Gasteiger partial charge in [0.1, 0.15) is 0 Å². The van der Waals surface area contributed by atoms with Crippen LogP contribution in [-0.2, 0) is 4.79 Å². The molecule has 0 saturated heterocycles. The molecule has 3 nitrogen and oxygen atoms in total. The summed E-state index contributed by atoms with van der Waals surface area (Å²) in [6, 6.07) is 0. The average Bonchev–Trinajstić information content (AvgIpc) is 3.06. The molecule has 31 heavy (non-hydrogen) atoms. The summed E-state index contributed by atoms with van der Waals surface area (Å²) in [5.74, 6) is 5.46. The van der Waals surface area contributed by atoms with E-state index in [1.165, 1.54) is 57.8 Å². The molecule has 0 aromatic heterocycles. The van der Waals surface area contributed by atoms with Crippen molar-refractivity contribution in [3.05, 3.63) is 11.6 Å². The van der Waals surface area contributed by atoms with E-state index in [-0.39, 0.29) is 12.6 Å². The number of carboxylic acid groups (broad SMARTS) is 1. The molecule has 0 aromatic rings. The summed E-state index contributed by atoms with van der Waals surface area (Å²) >= 11 is 0. The topological polar surface area (TPSA) is 57.5 Å². The lowest BCUT2D eigenvalue weighted by atomic mass is 9.47. The first-order chi connectivity index (χ1) is 14.7. The highest BCUT2D eigenvalue weighted by Crippen LogP contribution is 2.67. The van der Waals surface area contributed by atoms with Crippen LogP contribution in [-0.4, -0.2) is 22.8 Å². The number of carbonyl (C=O) groups is 1. The molecule has 8 atom stereocenters. The second-order valence-electron chi connectivity index (χ2n) is 12.3. The van der Waals surface area contributed by atoms with Crippen molar-refractivity contribution in [3.63, 3.8) is 0 Å². The van der Waals surface area contributed by atoms with Crippen LogP contribution in [0, 0.1) is 46.3 Å². The number of aliphatic hydroxyl groups excluding tert-OH is 1. The zero-order chi connectivity index (χ0) is 22.8. The Hall–Kier alpha value is -0.830. The Labute approximate surface area is 191 Å². The van der Waals surface area contributed by atoms with Gasteiger partial charge in [0.15, 0.2) is 0 Å². The molecule has 1 unspecified atom stereocenters. The fraction of sp³-hybridized carbons (Fsp3) is 0.893. The third-order valence-electron chi connectivity index (χ3n) is 10.3. The summed E-state index contributed by atoms with van der Waals surface area (Å²) in [5, 5.41) is 17.1. The molecule has 0 bridgehead atoms. The normalized spacial score (nSPS) is 42.4. The molecule has 4 aliphatic rings. The number of hydrogen-bond acceptors (Lipinski definition) is 2. The highest BCUT2D eigenvalue weighted by molar-refractivity contribution is 5.32. The summed E-state index contributed by atoms with van der Waals surface area (Å²) in [6.07, 6.45) is 17.2. The van der Waals surface area contributed by atoms with Crippen LogP contribution < -0.4 is 0 Å². The molecule has 3 saturated carbocycles. The number of aliphatic hydroxyl groups is 1. The minimum absolute atomic E-state index is 0.0766. The van der Waals surface area contributed by atoms with Crippen molar-refractivity contribution < 1.29 is 15.0 Å². The van der Waals surface area contributed by atoms with Gasteiger partial charge in [-0.05, 0) is 97.7 Å². The molecule has 0 amide bonds. The highest BCUT2D eigenvalue weighted by Gasteiger charge is 2.59. The van der Waals surface area contributed by atoms with Gasteiger partial charge in [0.05, 0.1) is 6.10 Å². The van der Waals surface area contributed by atoms with E-state index in [0.717, 1.165) is 48.3 Å². The maximum Gasteiger partial charge on any atom is 0.290 e. The molecule has 0 aromatic carbocycles. The van der Waals surface area contributed by atoms with E-state index in [1.54, 1.807) is 5.57 Å². The first-order valence-electron chi connectivity index (χ1n) is 13.1. The molecule has 3 heteroatoms. The number of rotatable bonds is 5. The minimum Gasteiger partial charge on any atom is -0.483 e. The molecule has 178 valence electrons. The van der Waals surface area contributed by atoms with Crippen LogP contribution >= 0.6 is 0 Å². The first-order valence-corrected chi connectivity index (χ1v) is 13.1. The van der Waals surface area contributed by atoms with Crippen LogP contribution in [0.15, 0.2) is 11.6 Å². The summed E-state index contributed by atoms with van der Waals surface area (Å²) in [6.45, 7) is 12.3. The number of allylic oxidation sites excluding steroid dienone is 1. The third-order valence-corrected chi connectivity index (χ3v) is 10.3. The fourth-order valence-corrected chi connectivity index (χ4v) is 8.67. The Morgan fingerprint density at radius 1 is 1.06 bits per heavy atom. The van der Waals surface area contributed by atoms with Crippen molar-refractivity contribution in [3.8, 4) is 0 Å². The lowest BCUT2D eigenvalue weighted by molar-refractivity contribution is -0.122. The van der Waals surface area contributed by atoms with Crippen LogP contribution in [0.4, 0.5) is 0 Å². The Morgan fingerprint density at radius 3 is 2.45 bits per heavy atom. The fourth-order valence-electron chi connectivity index (χ4n) is 8.67. The van der Waals surface area contributed by atoms with E-state index in [1.807, 2.05) is 0 Å². The SMILES string of the molecule is CC(C)CCCC(C)[C@H]1CC[C@H]2[C@@H]3CC=C4C[C@@H](O)CC[C@]4(C)[C@H]3CC[C@]12C.O=CO. The van der Waals surface area contributed by atoms with Crippen LogP contribution in [0.2, 0.25) is 0 Å². The molecule has 0 heterocycles. The van der Waals surface area contributed by atoms with Gasteiger partial charge in [0.25, 0.3) is 6.47 Å². The smallest absolute Gasteiger partial charge is 0.290 e. The van der Waals surface area contributed by atoms with Crippen molar-refractivity contribution >= 4 is 6.47 Å². The van der Waals surface area contributed by atoms with Gasteiger partial charge in [-0.1, -0.05) is 65.5 Å². The monoisotopic (exact) mass is 432 g/mol. The predicted molar refractivity (Wildman–Crippen MR) is 128 cm³/mol. The van der Waals surface area contributed by atoms with Crippen LogP contribution in [0.3, 0.4) is 0 Å². The number of hydrogen-bond donors (Lipinski definition) is 2. The van der Waals surface area contributed by atoms with Gasteiger partial charge in [-0.15, -0.1) is 0 Å². The highest BCUT2D eigenvalue weighted by atomic mass is 16.3. The lowest BCUT2D eigenvalue weighted by Crippen LogP contribution is -2.50. The van der Waals surface area contributed by atoms with Crippen molar-refractivity contribution in [2.24, 2.45) is 46.3 Å². The van der Waals surface area contributed by atoms with Crippen LogP contribution in [0.5, 0.6) is 0 Å². The van der Waals surface area contributed by atoms with Crippen LogP contribution in [0.1, 0.15) is 105 Å². The van der Waals surface area contributed by atoms with E-state index < -0.39 is 0 Å². The zero-order valence-corrected chi connectivity index (χ0v) is 20.8. The van der Waals surface area contributed by atoms with Gasteiger partial charge in [0, 0.05) is 0 Å². The number of fused-ring (bicyclic) bond motifs is 5. The van der Waals surface area contributed by atoms with Gasteiger partial charge in [-0.25, -0.2) is 0 Å². The third kappa shape index (κ3) is 4.77. The second-order valence-corrected chi connectivity index (χ2v) is 12.3.